The van der Waals surface area contributed by atoms with Gasteiger partial charge in [0.1, 0.15) is 18.1 Å². The smallest absolute Gasteiger partial charge is 0.326 e. The Bertz CT molecular complexity index is 1390. The number of rotatable bonds is 14. The number of benzene rings is 2. The Labute approximate surface area is 236 Å². The van der Waals surface area contributed by atoms with Gasteiger partial charge in [0.25, 0.3) is 0 Å². The molecule has 0 aliphatic carbocycles. The van der Waals surface area contributed by atoms with Crippen LogP contribution in [0.1, 0.15) is 31.4 Å². The molecule has 41 heavy (non-hydrogen) atoms. The zero-order valence-corrected chi connectivity index (χ0v) is 22.8. The number of aromatic nitrogens is 1. The van der Waals surface area contributed by atoms with Crippen LogP contribution in [0.4, 0.5) is 0 Å². The first-order valence-electron chi connectivity index (χ1n) is 13.2. The van der Waals surface area contributed by atoms with Gasteiger partial charge in [-0.05, 0) is 23.1 Å². The van der Waals surface area contributed by atoms with Gasteiger partial charge in [-0.3, -0.25) is 19.2 Å². The van der Waals surface area contributed by atoms with E-state index in [-0.39, 0.29) is 12.8 Å². The lowest BCUT2D eigenvalue weighted by Gasteiger charge is -2.27. The summed E-state index contributed by atoms with van der Waals surface area (Å²) in [6, 6.07) is 11.2. The van der Waals surface area contributed by atoms with Gasteiger partial charge >= 0.3 is 11.9 Å². The zero-order chi connectivity index (χ0) is 30.1. The van der Waals surface area contributed by atoms with Crippen molar-refractivity contribution in [2.75, 3.05) is 0 Å². The molecular weight excluding hydrogens is 530 g/mol. The number of amides is 3. The van der Waals surface area contributed by atoms with Crippen LogP contribution in [0.15, 0.2) is 60.8 Å². The number of nitrogens with one attached hydrogen (secondary N) is 4. The topological polar surface area (TPSA) is 204 Å². The SMILES string of the molecule is CC(C)C(NC(=O)C(Cc1c[nH]c2ccccc12)NC(=O)C(N)CC(=O)O)C(=O)NC(Cc1ccccc1)C(=O)O. The number of nitrogens with two attached hydrogens (primary N) is 1. The first-order valence-corrected chi connectivity index (χ1v) is 13.2. The number of aliphatic carboxylic acids is 2. The van der Waals surface area contributed by atoms with Crippen molar-refractivity contribution in [1.29, 1.82) is 0 Å². The zero-order valence-electron chi connectivity index (χ0n) is 22.8. The van der Waals surface area contributed by atoms with Crippen LogP contribution in [-0.2, 0) is 36.8 Å². The minimum Gasteiger partial charge on any atom is -0.481 e. The van der Waals surface area contributed by atoms with Gasteiger partial charge in [-0.15, -0.1) is 0 Å². The Morgan fingerprint density at radius 2 is 1.44 bits per heavy atom. The molecule has 0 bridgehead atoms. The first-order chi connectivity index (χ1) is 19.5. The van der Waals surface area contributed by atoms with Crippen molar-refractivity contribution >= 4 is 40.6 Å². The maximum atomic E-state index is 13.5. The summed E-state index contributed by atoms with van der Waals surface area (Å²) in [6.45, 7) is 3.38. The van der Waals surface area contributed by atoms with Crippen LogP contribution in [0.3, 0.4) is 0 Å². The van der Waals surface area contributed by atoms with Gasteiger partial charge < -0.3 is 36.9 Å². The van der Waals surface area contributed by atoms with Gasteiger partial charge in [-0.25, -0.2) is 4.79 Å². The van der Waals surface area contributed by atoms with E-state index < -0.39 is 66.2 Å². The third-order valence-electron chi connectivity index (χ3n) is 6.61. The molecule has 8 N–H and O–H groups in total. The number of hydrogen-bond donors (Lipinski definition) is 7. The molecule has 4 atom stereocenters. The number of aromatic amines is 1. The molecule has 218 valence electrons. The molecule has 3 aromatic rings. The highest BCUT2D eigenvalue weighted by Gasteiger charge is 2.32. The number of carbonyl (C=O) groups is 5. The molecule has 1 heterocycles. The van der Waals surface area contributed by atoms with Crippen LogP contribution in [-0.4, -0.2) is 69.0 Å². The van der Waals surface area contributed by atoms with E-state index in [0.29, 0.717) is 11.1 Å². The standard InChI is InChI=1S/C29H35N5O7/c1-16(2)25(28(39)33-23(29(40)41)12-17-8-4-3-5-9-17)34-27(38)22(32-26(37)20(30)14-24(35)36)13-18-15-31-21-11-7-6-10-19(18)21/h3-11,15-16,20,22-23,25,31H,12-14,30H2,1-2H3,(H,32,37)(H,33,39)(H,34,38)(H,35,36)(H,40,41). The second kappa shape index (κ2) is 14.1. The summed E-state index contributed by atoms with van der Waals surface area (Å²) in [4.78, 5) is 65.5. The predicted octanol–water partition coefficient (Wildman–Crippen LogP) is 0.950. The van der Waals surface area contributed by atoms with Crippen LogP contribution >= 0.6 is 0 Å². The number of carboxylic acid groups (broad SMARTS) is 2. The maximum absolute atomic E-state index is 13.5. The Morgan fingerprint density at radius 1 is 0.805 bits per heavy atom. The second-order valence-corrected chi connectivity index (χ2v) is 10.1. The fourth-order valence-corrected chi connectivity index (χ4v) is 4.39. The summed E-state index contributed by atoms with van der Waals surface area (Å²) >= 11 is 0. The van der Waals surface area contributed by atoms with Crippen molar-refractivity contribution < 1.29 is 34.2 Å². The Balaban J connectivity index is 1.80. The third kappa shape index (κ3) is 8.64. The fraction of sp³-hybridized carbons (Fsp3) is 0.345. The van der Waals surface area contributed by atoms with Crippen LogP contribution in [0.25, 0.3) is 10.9 Å². The van der Waals surface area contributed by atoms with Crippen molar-refractivity contribution in [3.05, 3.63) is 71.9 Å². The largest absolute Gasteiger partial charge is 0.481 e. The van der Waals surface area contributed by atoms with Crippen molar-refractivity contribution in [2.45, 2.75) is 57.3 Å². The summed E-state index contributed by atoms with van der Waals surface area (Å²) in [5, 5.41) is 27.2. The number of fused-ring (bicyclic) bond motifs is 1. The normalized spacial score (nSPS) is 14.0. The minimum absolute atomic E-state index is 0.0135. The van der Waals surface area contributed by atoms with E-state index in [0.717, 1.165) is 10.9 Å². The minimum atomic E-state index is -1.40. The molecule has 0 spiro atoms. The van der Waals surface area contributed by atoms with Crippen molar-refractivity contribution in [3.8, 4) is 0 Å². The molecule has 0 saturated heterocycles. The lowest BCUT2D eigenvalue weighted by Crippen LogP contribution is -2.59. The fourth-order valence-electron chi connectivity index (χ4n) is 4.39. The third-order valence-corrected chi connectivity index (χ3v) is 6.61. The van der Waals surface area contributed by atoms with Gasteiger partial charge in [0.05, 0.1) is 12.5 Å². The molecule has 3 amide bonds. The molecule has 3 rings (SSSR count). The molecular formula is C29H35N5O7. The highest BCUT2D eigenvalue weighted by molar-refractivity contribution is 5.95. The molecule has 0 radical (unpaired) electrons. The Hall–Kier alpha value is -4.71. The molecule has 0 aliphatic rings. The molecule has 2 aromatic carbocycles. The lowest BCUT2D eigenvalue weighted by atomic mass is 9.99. The molecule has 0 saturated carbocycles. The van der Waals surface area contributed by atoms with Gasteiger partial charge in [0.2, 0.25) is 17.7 Å². The average Bonchev–Trinajstić information content (AvgIpc) is 3.33. The van der Waals surface area contributed by atoms with Crippen LogP contribution in [0, 0.1) is 5.92 Å². The van der Waals surface area contributed by atoms with Gasteiger partial charge in [-0.1, -0.05) is 62.4 Å². The highest BCUT2D eigenvalue weighted by atomic mass is 16.4. The van der Waals surface area contributed by atoms with E-state index in [4.69, 9.17) is 10.8 Å². The van der Waals surface area contributed by atoms with Gasteiger partial charge in [0, 0.05) is 29.9 Å². The van der Waals surface area contributed by atoms with Gasteiger partial charge in [-0.2, -0.15) is 0 Å². The van der Waals surface area contributed by atoms with E-state index in [1.807, 2.05) is 24.3 Å². The first kappa shape index (κ1) is 30.8. The van der Waals surface area contributed by atoms with Crippen molar-refractivity contribution in [3.63, 3.8) is 0 Å². The van der Waals surface area contributed by atoms with E-state index in [2.05, 4.69) is 20.9 Å². The van der Waals surface area contributed by atoms with Gasteiger partial charge in [0.15, 0.2) is 0 Å². The molecule has 0 aliphatic heterocycles. The summed E-state index contributed by atoms with van der Waals surface area (Å²) < 4.78 is 0. The summed E-state index contributed by atoms with van der Waals surface area (Å²) in [7, 11) is 0. The van der Waals surface area contributed by atoms with E-state index in [9.17, 15) is 29.1 Å². The molecule has 0 fully saturated rings. The summed E-state index contributed by atoms with van der Waals surface area (Å²) in [5.74, 6) is -5.19. The highest BCUT2D eigenvalue weighted by Crippen LogP contribution is 2.19. The molecule has 4 unspecified atom stereocenters. The number of para-hydroxylation sites is 1. The predicted molar refractivity (Wildman–Crippen MR) is 151 cm³/mol. The molecule has 1 aromatic heterocycles. The van der Waals surface area contributed by atoms with Crippen molar-refractivity contribution in [2.24, 2.45) is 11.7 Å². The number of carboxylic acids is 2. The Kier molecular flexibility index (Phi) is 10.6. The number of carbonyl (C=O) groups excluding carboxylic acids is 3. The monoisotopic (exact) mass is 565 g/mol. The number of hydrogen-bond acceptors (Lipinski definition) is 6. The van der Waals surface area contributed by atoms with Crippen LogP contribution in [0.5, 0.6) is 0 Å². The van der Waals surface area contributed by atoms with Crippen LogP contribution in [0.2, 0.25) is 0 Å². The van der Waals surface area contributed by atoms with E-state index in [1.165, 1.54) is 0 Å². The second-order valence-electron chi connectivity index (χ2n) is 10.1. The maximum Gasteiger partial charge on any atom is 0.326 e. The molecule has 12 heteroatoms. The number of H-pyrrole nitrogens is 1. The summed E-state index contributed by atoms with van der Waals surface area (Å²) in [6.07, 6.45) is 1.12. The van der Waals surface area contributed by atoms with Crippen LogP contribution < -0.4 is 21.7 Å². The quantitative estimate of drug-likeness (QED) is 0.150. The van der Waals surface area contributed by atoms with E-state index >= 15 is 0 Å². The Morgan fingerprint density at radius 3 is 2.07 bits per heavy atom. The molecule has 12 nitrogen and oxygen atoms in total. The average molecular weight is 566 g/mol. The van der Waals surface area contributed by atoms with Crippen molar-refractivity contribution in [1.82, 2.24) is 20.9 Å². The lowest BCUT2D eigenvalue weighted by molar-refractivity contribution is -0.142. The van der Waals surface area contributed by atoms with E-state index in [1.54, 1.807) is 50.4 Å². The summed E-state index contributed by atoms with van der Waals surface area (Å²) in [5.41, 5.74) is 7.95.